The molecule has 2 rings (SSSR count). The number of rotatable bonds is 2. The van der Waals surface area contributed by atoms with E-state index in [2.05, 4.69) is 4.99 Å². The molecule has 1 heterocycles. The van der Waals surface area contributed by atoms with Crippen LogP contribution in [0.15, 0.2) is 29.3 Å². The van der Waals surface area contributed by atoms with Crippen molar-refractivity contribution in [2.75, 3.05) is 12.0 Å². The summed E-state index contributed by atoms with van der Waals surface area (Å²) < 4.78 is 0. The molecule has 2 nitrogen and oxygen atoms in total. The Morgan fingerprint density at radius 2 is 2.15 bits per heavy atom. The van der Waals surface area contributed by atoms with Gasteiger partial charge in [0.05, 0.1) is 5.36 Å². The second kappa shape index (κ2) is 3.34. The number of carbonyl (C=O) groups is 1. The largest absolute Gasteiger partial charge is 0.275 e. The van der Waals surface area contributed by atoms with E-state index in [4.69, 9.17) is 0 Å². The lowest BCUT2D eigenvalue weighted by molar-refractivity contribution is -0.112. The topological polar surface area (TPSA) is 29.4 Å². The Kier molecular flexibility index (Phi) is 2.19. The molecular formula is C10H9NOS. The summed E-state index contributed by atoms with van der Waals surface area (Å²) in [7, 11) is 0. The number of nitrogens with zero attached hydrogens (tertiary/aromatic N) is 1. The van der Waals surface area contributed by atoms with Crippen LogP contribution in [0.4, 0.5) is 0 Å². The van der Waals surface area contributed by atoms with Crippen molar-refractivity contribution >= 4 is 23.2 Å². The molecule has 0 spiro atoms. The number of carbonyl (C=O) groups excluding carboxylic acids is 1. The standard InChI is InChI=1S/C10H9NOS/c1-13-6-8-7-4-2-3-5-9(7)11-10(8)12/h2-5H,6H2,1H3. The van der Waals surface area contributed by atoms with Crippen LogP contribution in [0.5, 0.6) is 0 Å². The first-order valence-electron chi connectivity index (χ1n) is 4.03. The molecule has 1 aliphatic rings. The molecule has 0 unspecified atom stereocenters. The van der Waals surface area contributed by atoms with E-state index >= 15 is 0 Å². The summed E-state index contributed by atoms with van der Waals surface area (Å²) in [4.78, 5) is 15.4. The number of thioether (sulfide) groups is 1. The molecule has 0 aromatic heterocycles. The minimum Gasteiger partial charge on any atom is -0.267 e. The third-order valence-corrected chi connectivity index (χ3v) is 2.58. The highest BCUT2D eigenvalue weighted by atomic mass is 32.2. The Hall–Kier alpha value is -1.09. The molecular weight excluding hydrogens is 182 g/mol. The molecule has 0 radical (unpaired) electrons. The first-order valence-corrected chi connectivity index (χ1v) is 5.42. The lowest BCUT2D eigenvalue weighted by Gasteiger charge is -1.93. The van der Waals surface area contributed by atoms with Crippen molar-refractivity contribution < 1.29 is 4.79 Å². The fourth-order valence-electron chi connectivity index (χ4n) is 1.40. The first-order chi connectivity index (χ1) is 6.33. The van der Waals surface area contributed by atoms with Crippen molar-refractivity contribution in [3.8, 4) is 0 Å². The minimum atomic E-state index is -0.0736. The lowest BCUT2D eigenvalue weighted by Crippen LogP contribution is -2.22. The van der Waals surface area contributed by atoms with E-state index in [-0.39, 0.29) is 5.91 Å². The maximum absolute atomic E-state index is 11.4. The van der Waals surface area contributed by atoms with Gasteiger partial charge in [-0.1, -0.05) is 18.2 Å². The van der Waals surface area contributed by atoms with Gasteiger partial charge in [-0.25, -0.2) is 4.99 Å². The van der Waals surface area contributed by atoms with E-state index in [1.165, 1.54) is 0 Å². The minimum absolute atomic E-state index is 0.0736. The van der Waals surface area contributed by atoms with Crippen LogP contribution in [-0.4, -0.2) is 17.9 Å². The van der Waals surface area contributed by atoms with Crippen molar-refractivity contribution in [3.63, 3.8) is 0 Å². The van der Waals surface area contributed by atoms with Crippen LogP contribution in [0.3, 0.4) is 0 Å². The molecule has 0 aliphatic carbocycles. The smallest absolute Gasteiger partial charge is 0.267 e. The average Bonchev–Trinajstić information content (AvgIpc) is 2.44. The van der Waals surface area contributed by atoms with Gasteiger partial charge in [0.1, 0.15) is 0 Å². The van der Waals surface area contributed by atoms with E-state index in [1.54, 1.807) is 11.8 Å². The molecule has 0 fully saturated rings. The van der Waals surface area contributed by atoms with Crippen molar-refractivity contribution in [3.05, 3.63) is 34.8 Å². The highest BCUT2D eigenvalue weighted by molar-refractivity contribution is 7.99. The zero-order valence-corrected chi connectivity index (χ0v) is 8.10. The molecule has 1 aromatic carbocycles. The highest BCUT2D eigenvalue weighted by Crippen LogP contribution is 2.06. The number of fused-ring (bicyclic) bond motifs is 1. The van der Waals surface area contributed by atoms with Crippen LogP contribution in [-0.2, 0) is 4.79 Å². The van der Waals surface area contributed by atoms with E-state index in [0.29, 0.717) is 0 Å². The van der Waals surface area contributed by atoms with E-state index in [1.807, 2.05) is 30.5 Å². The molecule has 1 amide bonds. The van der Waals surface area contributed by atoms with E-state index in [0.717, 1.165) is 21.9 Å². The van der Waals surface area contributed by atoms with Gasteiger partial charge in [-0.05, 0) is 12.3 Å². The predicted octanol–water partition coefficient (Wildman–Crippen LogP) is 0.360. The van der Waals surface area contributed by atoms with Gasteiger partial charge < -0.3 is 0 Å². The maximum atomic E-state index is 11.4. The van der Waals surface area contributed by atoms with Crippen molar-refractivity contribution in [1.29, 1.82) is 0 Å². The Bertz CT molecular complexity index is 464. The van der Waals surface area contributed by atoms with E-state index < -0.39 is 0 Å². The summed E-state index contributed by atoms with van der Waals surface area (Å²) in [6.45, 7) is 0. The first kappa shape index (κ1) is 8.51. The predicted molar refractivity (Wildman–Crippen MR) is 54.0 cm³/mol. The van der Waals surface area contributed by atoms with Gasteiger partial charge in [0, 0.05) is 16.5 Å². The Morgan fingerprint density at radius 3 is 2.92 bits per heavy atom. The number of hydrogen-bond donors (Lipinski definition) is 0. The van der Waals surface area contributed by atoms with Crippen molar-refractivity contribution in [2.45, 2.75) is 0 Å². The molecule has 1 aromatic rings. The molecule has 0 N–H and O–H groups in total. The van der Waals surface area contributed by atoms with Crippen molar-refractivity contribution in [1.82, 2.24) is 0 Å². The van der Waals surface area contributed by atoms with Gasteiger partial charge in [0.15, 0.2) is 0 Å². The molecule has 0 saturated heterocycles. The molecule has 0 saturated carbocycles. The van der Waals surface area contributed by atoms with Gasteiger partial charge >= 0.3 is 0 Å². The third-order valence-electron chi connectivity index (χ3n) is 2.00. The zero-order chi connectivity index (χ0) is 9.26. The number of para-hydroxylation sites is 1. The fraction of sp³-hybridized carbons (Fsp3) is 0.200. The molecule has 0 bridgehead atoms. The third kappa shape index (κ3) is 1.40. The number of hydrogen-bond acceptors (Lipinski definition) is 2. The van der Waals surface area contributed by atoms with Crippen molar-refractivity contribution in [2.24, 2.45) is 4.99 Å². The Labute approximate surface area is 80.4 Å². The van der Waals surface area contributed by atoms with Gasteiger partial charge in [-0.3, -0.25) is 4.79 Å². The second-order valence-corrected chi connectivity index (χ2v) is 3.71. The van der Waals surface area contributed by atoms with Gasteiger partial charge in [0.2, 0.25) is 0 Å². The fourth-order valence-corrected chi connectivity index (χ4v) is 1.97. The Morgan fingerprint density at radius 1 is 1.38 bits per heavy atom. The van der Waals surface area contributed by atoms with Crippen LogP contribution >= 0.6 is 11.8 Å². The molecule has 13 heavy (non-hydrogen) atoms. The molecule has 0 atom stereocenters. The van der Waals surface area contributed by atoms with Crippen LogP contribution in [0, 0.1) is 0 Å². The summed E-state index contributed by atoms with van der Waals surface area (Å²) in [5.41, 5.74) is 0.836. The lowest BCUT2D eigenvalue weighted by atomic mass is 10.2. The number of benzene rings is 1. The van der Waals surface area contributed by atoms with Crippen LogP contribution < -0.4 is 10.6 Å². The summed E-state index contributed by atoms with van der Waals surface area (Å²) in [6.07, 6.45) is 1.99. The van der Waals surface area contributed by atoms with E-state index in [9.17, 15) is 4.79 Å². The Balaban J connectivity index is 2.69. The van der Waals surface area contributed by atoms with Crippen LogP contribution in [0.1, 0.15) is 0 Å². The summed E-state index contributed by atoms with van der Waals surface area (Å²) in [5, 5.41) is 1.82. The molecule has 3 heteroatoms. The molecule has 1 aliphatic heterocycles. The SMILES string of the molecule is CSCC1=c2ccccc2=NC1=O. The normalized spacial score (nSPS) is 14.2. The number of amides is 1. The second-order valence-electron chi connectivity index (χ2n) is 2.85. The average molecular weight is 191 g/mol. The van der Waals surface area contributed by atoms with Gasteiger partial charge in [-0.2, -0.15) is 11.8 Å². The zero-order valence-electron chi connectivity index (χ0n) is 7.28. The van der Waals surface area contributed by atoms with Crippen LogP contribution in [0.2, 0.25) is 0 Å². The van der Waals surface area contributed by atoms with Gasteiger partial charge in [-0.15, -0.1) is 0 Å². The van der Waals surface area contributed by atoms with Crippen LogP contribution in [0.25, 0.3) is 5.57 Å². The highest BCUT2D eigenvalue weighted by Gasteiger charge is 2.14. The quantitative estimate of drug-likeness (QED) is 0.675. The molecule has 66 valence electrons. The summed E-state index contributed by atoms with van der Waals surface area (Å²) in [5.74, 6) is 0.676. The summed E-state index contributed by atoms with van der Waals surface area (Å²) in [6, 6.07) is 7.67. The summed E-state index contributed by atoms with van der Waals surface area (Å²) >= 11 is 1.65. The maximum Gasteiger partial charge on any atom is 0.275 e. The van der Waals surface area contributed by atoms with Gasteiger partial charge in [0.25, 0.3) is 5.91 Å². The monoisotopic (exact) mass is 191 g/mol.